The Morgan fingerprint density at radius 3 is 3.00 bits per heavy atom. The summed E-state index contributed by atoms with van der Waals surface area (Å²) in [5.41, 5.74) is 0.516. The molecule has 0 spiro atoms. The van der Waals surface area contributed by atoms with Crippen molar-refractivity contribution in [3.8, 4) is 0 Å². The van der Waals surface area contributed by atoms with Crippen LogP contribution in [-0.4, -0.2) is 29.5 Å². The molecule has 6 heteroatoms. The van der Waals surface area contributed by atoms with Crippen molar-refractivity contribution in [3.05, 3.63) is 28.6 Å². The maximum Gasteiger partial charge on any atom is 0.310 e. The fraction of sp³-hybridized carbons (Fsp3) is 0.444. The lowest BCUT2D eigenvalue weighted by Crippen LogP contribution is -2.21. The van der Waals surface area contributed by atoms with Crippen LogP contribution in [0.1, 0.15) is 6.92 Å². The van der Waals surface area contributed by atoms with Crippen LogP contribution in [-0.2, 0) is 0 Å². The third kappa shape index (κ3) is 3.51. The first-order valence-corrected chi connectivity index (χ1v) is 4.78. The van der Waals surface area contributed by atoms with Crippen LogP contribution in [0.15, 0.2) is 18.5 Å². The molecule has 0 aliphatic carbocycles. The molecule has 1 aromatic heterocycles. The second-order valence-electron chi connectivity index (χ2n) is 2.93. The van der Waals surface area contributed by atoms with E-state index in [1.165, 1.54) is 12.4 Å². The smallest absolute Gasteiger partial charge is 0.310 e. The molecule has 6 nitrogen and oxygen atoms in total. The zero-order valence-corrected chi connectivity index (χ0v) is 8.56. The van der Waals surface area contributed by atoms with Crippen molar-refractivity contribution < 1.29 is 4.92 Å². The van der Waals surface area contributed by atoms with E-state index >= 15 is 0 Å². The van der Waals surface area contributed by atoms with Crippen LogP contribution in [0.3, 0.4) is 0 Å². The molecule has 0 atom stereocenters. The van der Waals surface area contributed by atoms with E-state index in [0.29, 0.717) is 12.2 Å². The summed E-state index contributed by atoms with van der Waals surface area (Å²) in [6, 6.07) is 1.60. The molecule has 2 N–H and O–H groups in total. The largest absolute Gasteiger partial charge is 0.378 e. The Labute approximate surface area is 87.9 Å². The second kappa shape index (κ2) is 5.92. The molecular weight excluding hydrogens is 196 g/mol. The summed E-state index contributed by atoms with van der Waals surface area (Å²) in [6.07, 6.45) is 2.78. The molecule has 0 saturated heterocycles. The first kappa shape index (κ1) is 11.4. The fourth-order valence-electron chi connectivity index (χ4n) is 1.14. The molecule has 0 bridgehead atoms. The minimum atomic E-state index is -0.442. The van der Waals surface area contributed by atoms with E-state index < -0.39 is 4.92 Å². The molecule has 0 aliphatic rings. The number of nitrogens with one attached hydrogen (secondary N) is 2. The van der Waals surface area contributed by atoms with Crippen LogP contribution in [0.25, 0.3) is 0 Å². The van der Waals surface area contributed by atoms with Crippen LogP contribution in [0.4, 0.5) is 11.4 Å². The topological polar surface area (TPSA) is 80.1 Å². The standard InChI is InChI=1S/C9H14N4O2/c1-2-10-5-6-12-8-3-4-11-7-9(8)13(14)15/h3-4,7,10H,2,5-6H2,1H3,(H,11,12). The minimum Gasteiger partial charge on any atom is -0.378 e. The summed E-state index contributed by atoms with van der Waals surface area (Å²) in [7, 11) is 0. The molecule has 82 valence electrons. The Morgan fingerprint density at radius 1 is 1.53 bits per heavy atom. The maximum absolute atomic E-state index is 10.6. The summed E-state index contributed by atoms with van der Waals surface area (Å²) in [4.78, 5) is 13.9. The molecule has 1 rings (SSSR count). The normalized spacial score (nSPS) is 9.93. The summed E-state index contributed by atoms with van der Waals surface area (Å²) < 4.78 is 0. The van der Waals surface area contributed by atoms with Crippen LogP contribution >= 0.6 is 0 Å². The van der Waals surface area contributed by atoms with E-state index in [-0.39, 0.29) is 5.69 Å². The number of likely N-dealkylation sites (N-methyl/N-ethyl adjacent to an activating group) is 1. The average Bonchev–Trinajstić information content (AvgIpc) is 2.25. The van der Waals surface area contributed by atoms with Gasteiger partial charge in [0.2, 0.25) is 0 Å². The Hall–Kier alpha value is -1.69. The highest BCUT2D eigenvalue weighted by molar-refractivity contribution is 5.59. The molecule has 0 amide bonds. The van der Waals surface area contributed by atoms with Gasteiger partial charge in [0.25, 0.3) is 0 Å². The van der Waals surface area contributed by atoms with Crippen LogP contribution in [0.2, 0.25) is 0 Å². The van der Waals surface area contributed by atoms with Gasteiger partial charge in [0.1, 0.15) is 11.9 Å². The van der Waals surface area contributed by atoms with Gasteiger partial charge in [-0.2, -0.15) is 0 Å². The predicted octanol–water partition coefficient (Wildman–Crippen LogP) is 1.01. The van der Waals surface area contributed by atoms with Crippen molar-refractivity contribution in [1.29, 1.82) is 0 Å². The molecule has 0 unspecified atom stereocenters. The Balaban J connectivity index is 2.56. The SMILES string of the molecule is CCNCCNc1ccncc1[N+](=O)[O-]. The highest BCUT2D eigenvalue weighted by Crippen LogP contribution is 2.21. The molecule has 1 aromatic rings. The van der Waals surface area contributed by atoms with Gasteiger partial charge in [-0.25, -0.2) is 0 Å². The first-order valence-electron chi connectivity index (χ1n) is 4.78. The van der Waals surface area contributed by atoms with Gasteiger partial charge in [0.05, 0.1) is 4.92 Å². The van der Waals surface area contributed by atoms with Gasteiger partial charge in [0, 0.05) is 19.3 Å². The van der Waals surface area contributed by atoms with Crippen molar-refractivity contribution in [2.75, 3.05) is 25.0 Å². The quantitative estimate of drug-likeness (QED) is 0.416. The van der Waals surface area contributed by atoms with Crippen molar-refractivity contribution in [3.63, 3.8) is 0 Å². The van der Waals surface area contributed by atoms with Crippen molar-refractivity contribution in [1.82, 2.24) is 10.3 Å². The molecule has 0 radical (unpaired) electrons. The highest BCUT2D eigenvalue weighted by Gasteiger charge is 2.11. The van der Waals surface area contributed by atoms with Gasteiger partial charge in [-0.05, 0) is 12.6 Å². The zero-order valence-electron chi connectivity index (χ0n) is 8.56. The van der Waals surface area contributed by atoms with Crippen LogP contribution < -0.4 is 10.6 Å². The van der Waals surface area contributed by atoms with E-state index in [1.807, 2.05) is 6.92 Å². The zero-order chi connectivity index (χ0) is 11.1. The van der Waals surface area contributed by atoms with E-state index in [4.69, 9.17) is 0 Å². The molecular formula is C9H14N4O2. The molecule has 0 aliphatic heterocycles. The summed E-state index contributed by atoms with van der Waals surface area (Å²) in [5.74, 6) is 0. The van der Waals surface area contributed by atoms with Gasteiger partial charge in [-0.1, -0.05) is 6.92 Å². The van der Waals surface area contributed by atoms with Gasteiger partial charge in [0.15, 0.2) is 0 Å². The molecule has 0 fully saturated rings. The molecule has 0 aromatic carbocycles. The third-order valence-corrected chi connectivity index (χ3v) is 1.86. The molecule has 0 saturated carbocycles. The lowest BCUT2D eigenvalue weighted by Gasteiger charge is -2.06. The van der Waals surface area contributed by atoms with Crippen molar-refractivity contribution in [2.24, 2.45) is 0 Å². The number of aromatic nitrogens is 1. The number of anilines is 1. The first-order chi connectivity index (χ1) is 7.25. The Kier molecular flexibility index (Phi) is 4.49. The van der Waals surface area contributed by atoms with Gasteiger partial charge in [-0.3, -0.25) is 15.1 Å². The number of hydrogen-bond acceptors (Lipinski definition) is 5. The number of rotatable bonds is 6. The minimum absolute atomic E-state index is 0.00833. The van der Waals surface area contributed by atoms with Gasteiger partial charge >= 0.3 is 5.69 Å². The number of hydrogen-bond donors (Lipinski definition) is 2. The van der Waals surface area contributed by atoms with E-state index in [1.54, 1.807) is 6.07 Å². The average molecular weight is 210 g/mol. The lowest BCUT2D eigenvalue weighted by atomic mass is 10.3. The van der Waals surface area contributed by atoms with Crippen molar-refractivity contribution >= 4 is 11.4 Å². The predicted molar refractivity (Wildman–Crippen MR) is 57.9 cm³/mol. The number of nitro groups is 1. The van der Waals surface area contributed by atoms with E-state index in [2.05, 4.69) is 15.6 Å². The second-order valence-corrected chi connectivity index (χ2v) is 2.93. The summed E-state index contributed by atoms with van der Waals surface area (Å²) >= 11 is 0. The molecule has 15 heavy (non-hydrogen) atoms. The summed E-state index contributed by atoms with van der Waals surface area (Å²) in [6.45, 7) is 4.32. The molecule has 1 heterocycles. The third-order valence-electron chi connectivity index (χ3n) is 1.86. The lowest BCUT2D eigenvalue weighted by molar-refractivity contribution is -0.384. The Bertz CT molecular complexity index is 330. The number of pyridine rings is 1. The number of nitrogens with zero attached hydrogens (tertiary/aromatic N) is 2. The highest BCUT2D eigenvalue weighted by atomic mass is 16.6. The fourth-order valence-corrected chi connectivity index (χ4v) is 1.14. The monoisotopic (exact) mass is 210 g/mol. The van der Waals surface area contributed by atoms with Gasteiger partial charge in [-0.15, -0.1) is 0 Å². The van der Waals surface area contributed by atoms with Crippen LogP contribution in [0.5, 0.6) is 0 Å². The van der Waals surface area contributed by atoms with Crippen LogP contribution in [0, 0.1) is 10.1 Å². The van der Waals surface area contributed by atoms with E-state index in [9.17, 15) is 10.1 Å². The van der Waals surface area contributed by atoms with E-state index in [0.717, 1.165) is 13.1 Å². The summed E-state index contributed by atoms with van der Waals surface area (Å²) in [5, 5.41) is 16.7. The maximum atomic E-state index is 10.6. The van der Waals surface area contributed by atoms with Crippen molar-refractivity contribution in [2.45, 2.75) is 6.92 Å². The Morgan fingerprint density at radius 2 is 2.33 bits per heavy atom. The van der Waals surface area contributed by atoms with Gasteiger partial charge < -0.3 is 10.6 Å².